The Balaban J connectivity index is 1.66. The van der Waals surface area contributed by atoms with Crippen molar-refractivity contribution in [3.63, 3.8) is 0 Å². The molecule has 0 aliphatic carbocycles. The first-order chi connectivity index (χ1) is 17.1. The minimum Gasteiger partial charge on any atom is -0.444 e. The maximum Gasteiger partial charge on any atom is 0.410 e. The van der Waals surface area contributed by atoms with E-state index in [0.717, 1.165) is 16.3 Å². The molecule has 2 saturated heterocycles. The number of amides is 3. The highest BCUT2D eigenvalue weighted by atomic mass is 35.5. The van der Waals surface area contributed by atoms with E-state index in [0.29, 0.717) is 45.7 Å². The van der Waals surface area contributed by atoms with Gasteiger partial charge < -0.3 is 24.6 Å². The maximum absolute atomic E-state index is 13.6. The van der Waals surface area contributed by atoms with Gasteiger partial charge in [-0.1, -0.05) is 17.7 Å². The van der Waals surface area contributed by atoms with E-state index < -0.39 is 29.4 Å². The molecule has 10 heteroatoms. The van der Waals surface area contributed by atoms with E-state index in [-0.39, 0.29) is 11.8 Å². The summed E-state index contributed by atoms with van der Waals surface area (Å²) in [7, 11) is 0. The lowest BCUT2D eigenvalue weighted by molar-refractivity contribution is -0.136. The summed E-state index contributed by atoms with van der Waals surface area (Å²) in [4.78, 5) is 44.4. The van der Waals surface area contributed by atoms with E-state index in [1.165, 1.54) is 4.90 Å². The van der Waals surface area contributed by atoms with E-state index in [1.807, 2.05) is 30.0 Å². The van der Waals surface area contributed by atoms with Crippen molar-refractivity contribution in [1.82, 2.24) is 15.1 Å². The fourth-order valence-electron chi connectivity index (χ4n) is 4.69. The van der Waals surface area contributed by atoms with Crippen molar-refractivity contribution in [2.75, 3.05) is 44.2 Å². The number of halogens is 1. The molecular formula is C27H41ClN4O5. The van der Waals surface area contributed by atoms with E-state index in [2.05, 4.69) is 10.2 Å². The van der Waals surface area contributed by atoms with Gasteiger partial charge in [0.1, 0.15) is 17.2 Å². The van der Waals surface area contributed by atoms with Gasteiger partial charge in [0.25, 0.3) is 0 Å². The molecule has 1 N–H and O–H groups in total. The maximum atomic E-state index is 13.6. The Morgan fingerprint density at radius 2 is 1.62 bits per heavy atom. The fourth-order valence-corrected chi connectivity index (χ4v) is 4.86. The fraction of sp³-hybridized carbons (Fsp3) is 0.667. The average molecular weight is 537 g/mol. The summed E-state index contributed by atoms with van der Waals surface area (Å²) < 4.78 is 10.9. The van der Waals surface area contributed by atoms with Crippen LogP contribution in [0.15, 0.2) is 18.2 Å². The summed E-state index contributed by atoms with van der Waals surface area (Å²) in [6.45, 7) is 15.9. The summed E-state index contributed by atoms with van der Waals surface area (Å²) >= 11 is 6.31. The van der Waals surface area contributed by atoms with Gasteiger partial charge in [0.15, 0.2) is 0 Å². The van der Waals surface area contributed by atoms with Gasteiger partial charge in [-0.15, -0.1) is 0 Å². The van der Waals surface area contributed by atoms with E-state index >= 15 is 0 Å². The zero-order chi connectivity index (χ0) is 27.5. The molecule has 1 aromatic rings. The molecule has 1 aromatic carbocycles. The van der Waals surface area contributed by atoms with Crippen LogP contribution < -0.4 is 10.2 Å². The number of carbonyl (C=O) groups is 3. The van der Waals surface area contributed by atoms with Crippen LogP contribution in [0.2, 0.25) is 5.02 Å². The second kappa shape index (κ2) is 11.4. The minimum atomic E-state index is -0.683. The van der Waals surface area contributed by atoms with Crippen LogP contribution in [0, 0.1) is 12.8 Å². The number of benzene rings is 1. The Labute approximate surface area is 225 Å². The van der Waals surface area contributed by atoms with Crippen LogP contribution >= 0.6 is 11.6 Å². The SMILES string of the molecule is Cc1c(Cl)cccc1N1CCN(C(=O)[C@@H]2CC(CNC(=O)OC(C)(C)C)CN2C(=O)OC(C)(C)C)CC1. The third-order valence-corrected chi connectivity index (χ3v) is 6.82. The molecule has 2 fully saturated rings. The smallest absolute Gasteiger partial charge is 0.410 e. The lowest BCUT2D eigenvalue weighted by atomic mass is 10.0. The van der Waals surface area contributed by atoms with Crippen LogP contribution in [0.3, 0.4) is 0 Å². The van der Waals surface area contributed by atoms with Gasteiger partial charge in [0.05, 0.1) is 0 Å². The summed E-state index contributed by atoms with van der Waals surface area (Å²) in [5.41, 5.74) is 0.810. The Morgan fingerprint density at radius 3 is 2.22 bits per heavy atom. The molecule has 9 nitrogen and oxygen atoms in total. The molecule has 2 aliphatic rings. The van der Waals surface area contributed by atoms with Crippen molar-refractivity contribution in [1.29, 1.82) is 0 Å². The molecule has 2 aliphatic heterocycles. The van der Waals surface area contributed by atoms with Gasteiger partial charge in [0.2, 0.25) is 5.91 Å². The van der Waals surface area contributed by atoms with Crippen LogP contribution in [-0.4, -0.2) is 84.4 Å². The summed E-state index contributed by atoms with van der Waals surface area (Å²) in [6, 6.07) is 5.21. The van der Waals surface area contributed by atoms with Crippen LogP contribution in [0.25, 0.3) is 0 Å². The number of rotatable bonds is 4. The predicted molar refractivity (Wildman–Crippen MR) is 144 cm³/mol. The normalized spacial score (nSPS) is 20.6. The van der Waals surface area contributed by atoms with E-state index in [1.54, 1.807) is 41.5 Å². The number of hydrogen-bond acceptors (Lipinski definition) is 6. The molecule has 37 heavy (non-hydrogen) atoms. The van der Waals surface area contributed by atoms with Gasteiger partial charge in [-0.3, -0.25) is 9.69 Å². The number of carbonyl (C=O) groups excluding carboxylic acids is 3. The number of piperazine rings is 1. The molecule has 0 bridgehead atoms. The van der Waals surface area contributed by atoms with Crippen molar-refractivity contribution in [2.45, 2.75) is 72.1 Å². The van der Waals surface area contributed by atoms with Gasteiger partial charge in [-0.2, -0.15) is 0 Å². The van der Waals surface area contributed by atoms with E-state index in [9.17, 15) is 14.4 Å². The molecule has 2 heterocycles. The number of ether oxygens (including phenoxy) is 2. The first-order valence-corrected chi connectivity index (χ1v) is 13.3. The third-order valence-electron chi connectivity index (χ3n) is 6.41. The number of anilines is 1. The summed E-state index contributed by atoms with van der Waals surface area (Å²) in [5, 5.41) is 3.50. The molecule has 0 radical (unpaired) electrons. The Kier molecular flexibility index (Phi) is 8.88. The van der Waals surface area contributed by atoms with Gasteiger partial charge in [-0.25, -0.2) is 9.59 Å². The standard InChI is InChI=1S/C27H41ClN4O5/c1-18-20(28)9-8-10-21(18)30-11-13-31(14-12-30)23(33)22-15-19(16-29-24(34)36-26(2,3)4)17-32(22)25(35)37-27(5,6)7/h8-10,19,22H,11-17H2,1-7H3,(H,29,34)/t19?,22-/m0/s1. The van der Waals surface area contributed by atoms with Crippen molar-refractivity contribution in [3.05, 3.63) is 28.8 Å². The summed E-state index contributed by atoms with van der Waals surface area (Å²) in [6.07, 6.45) is -0.584. The second-order valence-electron chi connectivity index (χ2n) is 11.8. The lowest BCUT2D eigenvalue weighted by Gasteiger charge is -2.39. The molecule has 3 amide bonds. The molecule has 206 valence electrons. The summed E-state index contributed by atoms with van der Waals surface area (Å²) in [5.74, 6) is -0.183. The number of alkyl carbamates (subject to hydrolysis) is 1. The van der Waals surface area contributed by atoms with Crippen LogP contribution in [0.1, 0.15) is 53.5 Å². The van der Waals surface area contributed by atoms with Crippen LogP contribution in [0.5, 0.6) is 0 Å². The molecule has 0 aromatic heterocycles. The minimum absolute atomic E-state index is 0.0897. The van der Waals surface area contributed by atoms with Gasteiger partial charge >= 0.3 is 12.2 Å². The number of nitrogens with one attached hydrogen (secondary N) is 1. The van der Waals surface area contributed by atoms with Crippen molar-refractivity contribution in [3.8, 4) is 0 Å². The van der Waals surface area contributed by atoms with Crippen molar-refractivity contribution < 1.29 is 23.9 Å². The van der Waals surface area contributed by atoms with Crippen LogP contribution in [-0.2, 0) is 14.3 Å². The Morgan fingerprint density at radius 1 is 1.00 bits per heavy atom. The molecule has 0 saturated carbocycles. The first-order valence-electron chi connectivity index (χ1n) is 12.9. The Hall–Kier alpha value is -2.68. The van der Waals surface area contributed by atoms with Crippen molar-refractivity contribution >= 4 is 35.4 Å². The number of nitrogens with zero attached hydrogens (tertiary/aromatic N) is 3. The molecule has 0 spiro atoms. The largest absolute Gasteiger partial charge is 0.444 e. The predicted octanol–water partition coefficient (Wildman–Crippen LogP) is 4.45. The topological polar surface area (TPSA) is 91.4 Å². The monoisotopic (exact) mass is 536 g/mol. The van der Waals surface area contributed by atoms with E-state index in [4.69, 9.17) is 21.1 Å². The zero-order valence-corrected chi connectivity index (χ0v) is 23.9. The highest BCUT2D eigenvalue weighted by Gasteiger charge is 2.43. The zero-order valence-electron chi connectivity index (χ0n) is 23.1. The molecule has 2 atom stereocenters. The number of hydrogen-bond donors (Lipinski definition) is 1. The molecule has 1 unspecified atom stereocenters. The molecule has 3 rings (SSSR count). The van der Waals surface area contributed by atoms with Crippen molar-refractivity contribution in [2.24, 2.45) is 5.92 Å². The Bertz CT molecular complexity index is 995. The van der Waals surface area contributed by atoms with Gasteiger partial charge in [0, 0.05) is 50.0 Å². The molecular weight excluding hydrogens is 496 g/mol. The highest BCUT2D eigenvalue weighted by Crippen LogP contribution is 2.30. The van der Waals surface area contributed by atoms with Crippen LogP contribution in [0.4, 0.5) is 15.3 Å². The second-order valence-corrected chi connectivity index (χ2v) is 12.2. The first kappa shape index (κ1) is 28.9. The quantitative estimate of drug-likeness (QED) is 0.611. The number of likely N-dealkylation sites (tertiary alicyclic amines) is 1. The average Bonchev–Trinajstić information content (AvgIpc) is 3.22. The third kappa shape index (κ3) is 7.90. The van der Waals surface area contributed by atoms with Gasteiger partial charge in [-0.05, 0) is 78.5 Å². The lowest BCUT2D eigenvalue weighted by Crippen LogP contribution is -2.55. The highest BCUT2D eigenvalue weighted by molar-refractivity contribution is 6.31.